The molecule has 0 saturated carbocycles. The summed E-state index contributed by atoms with van der Waals surface area (Å²) in [5.41, 5.74) is 1.24. The number of guanidine groups is 1. The maximum atomic E-state index is 5.45. The molecule has 5 heteroatoms. The van der Waals surface area contributed by atoms with E-state index in [1.165, 1.54) is 35.6 Å². The number of methoxy groups -OCH3 is 1. The Morgan fingerprint density at radius 2 is 1.93 bits per heavy atom. The molecular weight excluding hydrogens is 338 g/mol. The van der Waals surface area contributed by atoms with E-state index in [9.17, 15) is 0 Å². The topological polar surface area (TPSA) is 46.1 Å². The first-order valence-corrected chi connectivity index (χ1v) is 9.76. The molecule has 0 amide bonds. The molecule has 1 aliphatic heterocycles. The van der Waals surface area contributed by atoms with Gasteiger partial charge in [-0.25, -0.2) is 0 Å². The van der Waals surface area contributed by atoms with Crippen molar-refractivity contribution in [3.05, 3.63) is 42.0 Å². The van der Waals surface area contributed by atoms with Gasteiger partial charge in [0.05, 0.1) is 7.11 Å². The molecular formula is C22H31N3O2. The van der Waals surface area contributed by atoms with Crippen LogP contribution in [0, 0.1) is 5.92 Å². The molecule has 2 aromatic carbocycles. The SMILES string of the molecule is CN=C(NCc1ccc2cc(OC)ccc2c1)N(C)CCC1CCOCC1. The van der Waals surface area contributed by atoms with E-state index in [-0.39, 0.29) is 0 Å². The number of fused-ring (bicyclic) bond motifs is 1. The molecule has 0 aliphatic carbocycles. The molecule has 0 spiro atoms. The van der Waals surface area contributed by atoms with Gasteiger partial charge in [-0.1, -0.05) is 18.2 Å². The quantitative estimate of drug-likeness (QED) is 0.623. The molecule has 5 nitrogen and oxygen atoms in total. The Hall–Kier alpha value is -2.27. The van der Waals surface area contributed by atoms with Gasteiger partial charge in [-0.05, 0) is 59.7 Å². The lowest BCUT2D eigenvalue weighted by atomic mass is 9.96. The Bertz CT molecular complexity index is 769. The summed E-state index contributed by atoms with van der Waals surface area (Å²) in [5.74, 6) is 2.61. The minimum atomic E-state index is 0.760. The van der Waals surface area contributed by atoms with Crippen molar-refractivity contribution in [2.75, 3.05) is 41.0 Å². The van der Waals surface area contributed by atoms with Gasteiger partial charge in [-0.15, -0.1) is 0 Å². The van der Waals surface area contributed by atoms with Crippen LogP contribution in [-0.2, 0) is 11.3 Å². The summed E-state index contributed by atoms with van der Waals surface area (Å²) in [5, 5.41) is 5.90. The van der Waals surface area contributed by atoms with Crippen LogP contribution in [0.2, 0.25) is 0 Å². The molecule has 146 valence electrons. The van der Waals surface area contributed by atoms with Crippen LogP contribution < -0.4 is 10.1 Å². The molecule has 3 rings (SSSR count). The Morgan fingerprint density at radius 3 is 2.67 bits per heavy atom. The van der Waals surface area contributed by atoms with Crippen molar-refractivity contribution < 1.29 is 9.47 Å². The van der Waals surface area contributed by atoms with E-state index < -0.39 is 0 Å². The van der Waals surface area contributed by atoms with Gasteiger partial charge in [0.2, 0.25) is 0 Å². The maximum absolute atomic E-state index is 5.45. The highest BCUT2D eigenvalue weighted by Crippen LogP contribution is 2.22. The Kier molecular flexibility index (Phi) is 6.93. The monoisotopic (exact) mass is 369 g/mol. The van der Waals surface area contributed by atoms with E-state index in [1.807, 2.05) is 13.1 Å². The first kappa shape index (κ1) is 19.5. The molecule has 0 unspecified atom stereocenters. The van der Waals surface area contributed by atoms with Crippen LogP contribution in [0.3, 0.4) is 0 Å². The van der Waals surface area contributed by atoms with E-state index >= 15 is 0 Å². The summed E-state index contributed by atoms with van der Waals surface area (Å²) in [7, 11) is 5.66. The third kappa shape index (κ3) is 5.36. The number of rotatable bonds is 6. The number of nitrogens with one attached hydrogen (secondary N) is 1. The van der Waals surface area contributed by atoms with Crippen molar-refractivity contribution in [2.45, 2.75) is 25.8 Å². The number of aliphatic imine (C=N–C) groups is 1. The Labute approximate surface area is 162 Å². The lowest BCUT2D eigenvalue weighted by molar-refractivity contribution is 0.0625. The predicted octanol–water partition coefficient (Wildman–Crippen LogP) is 3.67. The normalized spacial score (nSPS) is 15.7. The molecule has 27 heavy (non-hydrogen) atoms. The maximum Gasteiger partial charge on any atom is 0.193 e. The molecule has 2 aromatic rings. The largest absolute Gasteiger partial charge is 0.497 e. The van der Waals surface area contributed by atoms with Gasteiger partial charge in [0, 0.05) is 40.4 Å². The molecule has 1 aliphatic rings. The van der Waals surface area contributed by atoms with Crippen LogP contribution in [0.25, 0.3) is 10.8 Å². The summed E-state index contributed by atoms with van der Waals surface area (Å²) in [6.45, 7) is 3.60. The standard InChI is InChI=1S/C22H31N3O2/c1-23-22(25(2)11-8-17-9-12-27-13-10-17)24-16-18-4-5-20-15-21(26-3)7-6-19(20)14-18/h4-7,14-15,17H,8-13,16H2,1-3H3,(H,23,24). The summed E-state index contributed by atoms with van der Waals surface area (Å²) in [6, 6.07) is 12.7. The Balaban J connectivity index is 1.54. The van der Waals surface area contributed by atoms with Gasteiger partial charge in [0.25, 0.3) is 0 Å². The smallest absolute Gasteiger partial charge is 0.193 e. The zero-order valence-corrected chi connectivity index (χ0v) is 16.7. The van der Waals surface area contributed by atoms with E-state index in [2.05, 4.69) is 52.6 Å². The van der Waals surface area contributed by atoms with E-state index in [0.717, 1.165) is 43.9 Å². The predicted molar refractivity (Wildman–Crippen MR) is 111 cm³/mol. The fourth-order valence-electron chi connectivity index (χ4n) is 3.59. The second-order valence-corrected chi connectivity index (χ2v) is 7.21. The van der Waals surface area contributed by atoms with Crippen LogP contribution in [0.5, 0.6) is 5.75 Å². The third-order valence-corrected chi connectivity index (χ3v) is 5.35. The zero-order valence-electron chi connectivity index (χ0n) is 16.7. The first-order valence-electron chi connectivity index (χ1n) is 9.76. The van der Waals surface area contributed by atoms with Gasteiger partial charge < -0.3 is 19.7 Å². The second kappa shape index (κ2) is 9.60. The summed E-state index contributed by atoms with van der Waals surface area (Å²) < 4.78 is 10.7. The van der Waals surface area contributed by atoms with Gasteiger partial charge in [0.1, 0.15) is 5.75 Å². The van der Waals surface area contributed by atoms with E-state index in [4.69, 9.17) is 9.47 Å². The van der Waals surface area contributed by atoms with Gasteiger partial charge in [-0.2, -0.15) is 0 Å². The molecule has 0 atom stereocenters. The van der Waals surface area contributed by atoms with Gasteiger partial charge in [0.15, 0.2) is 5.96 Å². The molecule has 1 heterocycles. The number of hydrogen-bond donors (Lipinski definition) is 1. The zero-order chi connectivity index (χ0) is 19.1. The fourth-order valence-corrected chi connectivity index (χ4v) is 3.59. The minimum absolute atomic E-state index is 0.760. The average molecular weight is 370 g/mol. The fraction of sp³-hybridized carbons (Fsp3) is 0.500. The molecule has 1 saturated heterocycles. The number of benzene rings is 2. The molecule has 0 aromatic heterocycles. The van der Waals surface area contributed by atoms with E-state index in [0.29, 0.717) is 0 Å². The number of nitrogens with zero attached hydrogens (tertiary/aromatic N) is 2. The van der Waals surface area contributed by atoms with E-state index in [1.54, 1.807) is 7.11 Å². The van der Waals surface area contributed by atoms with Crippen LogP contribution in [0.4, 0.5) is 0 Å². The van der Waals surface area contributed by atoms with Gasteiger partial charge >= 0.3 is 0 Å². The van der Waals surface area contributed by atoms with Crippen molar-refractivity contribution in [1.82, 2.24) is 10.2 Å². The van der Waals surface area contributed by atoms with Crippen LogP contribution in [0.15, 0.2) is 41.4 Å². The van der Waals surface area contributed by atoms with Crippen molar-refractivity contribution in [3.63, 3.8) is 0 Å². The second-order valence-electron chi connectivity index (χ2n) is 7.21. The third-order valence-electron chi connectivity index (χ3n) is 5.35. The summed E-state index contributed by atoms with van der Waals surface area (Å²) >= 11 is 0. The molecule has 0 bridgehead atoms. The highest BCUT2D eigenvalue weighted by molar-refractivity contribution is 5.85. The van der Waals surface area contributed by atoms with Crippen molar-refractivity contribution in [2.24, 2.45) is 10.9 Å². The highest BCUT2D eigenvalue weighted by Gasteiger charge is 2.15. The minimum Gasteiger partial charge on any atom is -0.497 e. The summed E-state index contributed by atoms with van der Waals surface area (Å²) in [4.78, 5) is 6.67. The van der Waals surface area contributed by atoms with Crippen molar-refractivity contribution in [1.29, 1.82) is 0 Å². The number of hydrogen-bond acceptors (Lipinski definition) is 3. The average Bonchev–Trinajstić information content (AvgIpc) is 2.73. The van der Waals surface area contributed by atoms with Crippen LogP contribution in [-0.4, -0.2) is 51.8 Å². The van der Waals surface area contributed by atoms with Crippen molar-refractivity contribution >= 4 is 16.7 Å². The highest BCUT2D eigenvalue weighted by atomic mass is 16.5. The molecule has 0 radical (unpaired) electrons. The Morgan fingerprint density at radius 1 is 1.19 bits per heavy atom. The molecule has 1 N–H and O–H groups in total. The lowest BCUT2D eigenvalue weighted by Crippen LogP contribution is -2.39. The molecule has 1 fully saturated rings. The van der Waals surface area contributed by atoms with Crippen molar-refractivity contribution in [3.8, 4) is 5.75 Å². The van der Waals surface area contributed by atoms with Crippen LogP contribution >= 0.6 is 0 Å². The van der Waals surface area contributed by atoms with Gasteiger partial charge in [-0.3, -0.25) is 4.99 Å². The lowest BCUT2D eigenvalue weighted by Gasteiger charge is -2.26. The van der Waals surface area contributed by atoms with Crippen LogP contribution in [0.1, 0.15) is 24.8 Å². The number of ether oxygens (including phenoxy) is 2. The summed E-state index contributed by atoms with van der Waals surface area (Å²) in [6.07, 6.45) is 3.56. The first-order chi connectivity index (χ1) is 13.2.